The Morgan fingerprint density at radius 3 is 2.53 bits per heavy atom. The van der Waals surface area contributed by atoms with Crippen LogP contribution in [0.5, 0.6) is 17.4 Å². The van der Waals surface area contributed by atoms with Crippen molar-refractivity contribution in [3.8, 4) is 17.4 Å². The Bertz CT molecular complexity index is 550. The van der Waals surface area contributed by atoms with Crippen molar-refractivity contribution >= 4 is 0 Å². The zero-order chi connectivity index (χ0) is 13.8. The molecule has 1 aromatic carbocycles. The van der Waals surface area contributed by atoms with Crippen LogP contribution in [0, 0.1) is 6.92 Å². The Labute approximate surface area is 112 Å². The van der Waals surface area contributed by atoms with E-state index in [4.69, 9.17) is 9.47 Å². The van der Waals surface area contributed by atoms with Gasteiger partial charge >= 0.3 is 0 Å². The van der Waals surface area contributed by atoms with Crippen LogP contribution < -0.4 is 9.47 Å². The fourth-order valence-corrected chi connectivity index (χ4v) is 1.67. The van der Waals surface area contributed by atoms with Crippen LogP contribution in [0.25, 0.3) is 0 Å². The van der Waals surface area contributed by atoms with E-state index >= 15 is 0 Å². The quantitative estimate of drug-likeness (QED) is 0.915. The molecule has 0 aliphatic carbocycles. The maximum Gasteiger partial charge on any atom is 0.219 e. The van der Waals surface area contributed by atoms with Crippen molar-refractivity contribution in [3.63, 3.8) is 0 Å². The molecular formula is C15H17NO3. The minimum atomic E-state index is -0.532. The number of ether oxygens (including phenoxy) is 2. The molecule has 1 aromatic heterocycles. The van der Waals surface area contributed by atoms with Crippen molar-refractivity contribution in [2.75, 3.05) is 7.11 Å². The van der Waals surface area contributed by atoms with Gasteiger partial charge in [0.15, 0.2) is 11.5 Å². The van der Waals surface area contributed by atoms with E-state index in [1.165, 1.54) is 0 Å². The van der Waals surface area contributed by atoms with E-state index in [9.17, 15) is 5.11 Å². The maximum absolute atomic E-state index is 9.42. The molecule has 0 unspecified atom stereocenters. The summed E-state index contributed by atoms with van der Waals surface area (Å²) in [6.07, 6.45) is 1.07. The number of aryl methyl sites for hydroxylation is 1. The molecule has 0 amide bonds. The van der Waals surface area contributed by atoms with E-state index in [-0.39, 0.29) is 0 Å². The summed E-state index contributed by atoms with van der Waals surface area (Å²) in [6, 6.07) is 9.20. The van der Waals surface area contributed by atoms with Crippen LogP contribution >= 0.6 is 0 Å². The molecule has 0 aliphatic heterocycles. The molecular weight excluding hydrogens is 242 g/mol. The number of pyridine rings is 1. The third kappa shape index (κ3) is 3.23. The minimum absolute atomic E-state index is 0.464. The molecule has 0 fully saturated rings. The summed E-state index contributed by atoms with van der Waals surface area (Å²) in [5.41, 5.74) is 1.85. The number of benzene rings is 1. The molecule has 0 bridgehead atoms. The van der Waals surface area contributed by atoms with Crippen molar-refractivity contribution in [3.05, 3.63) is 47.7 Å². The maximum atomic E-state index is 9.42. The first-order chi connectivity index (χ1) is 9.10. The van der Waals surface area contributed by atoms with Crippen LogP contribution in [0.3, 0.4) is 0 Å². The second kappa shape index (κ2) is 5.71. The Morgan fingerprint density at radius 1 is 1.16 bits per heavy atom. The number of aromatic nitrogens is 1. The van der Waals surface area contributed by atoms with Crippen molar-refractivity contribution in [1.82, 2.24) is 4.98 Å². The van der Waals surface area contributed by atoms with Gasteiger partial charge in [-0.2, -0.15) is 0 Å². The van der Waals surface area contributed by atoms with Crippen LogP contribution in [-0.2, 0) is 0 Å². The Morgan fingerprint density at radius 2 is 1.95 bits per heavy atom. The monoisotopic (exact) mass is 259 g/mol. The minimum Gasteiger partial charge on any atom is -0.493 e. The number of rotatable bonds is 4. The fourth-order valence-electron chi connectivity index (χ4n) is 1.67. The average molecular weight is 259 g/mol. The van der Waals surface area contributed by atoms with E-state index < -0.39 is 6.10 Å². The second-order valence-corrected chi connectivity index (χ2v) is 4.36. The molecule has 100 valence electrons. The molecule has 4 nitrogen and oxygen atoms in total. The standard InChI is InChI=1S/C15H17NO3/c1-10-4-6-13(14(8-10)18-3)19-15-7-5-12(9-16-15)11(2)17/h4-9,11,17H,1-3H3/t11-/m0/s1. The Hall–Kier alpha value is -2.07. The Kier molecular flexibility index (Phi) is 4.02. The average Bonchev–Trinajstić information content (AvgIpc) is 2.41. The van der Waals surface area contributed by atoms with Gasteiger partial charge < -0.3 is 14.6 Å². The summed E-state index contributed by atoms with van der Waals surface area (Å²) in [5, 5.41) is 9.42. The number of hydrogen-bond acceptors (Lipinski definition) is 4. The van der Waals surface area contributed by atoms with Gasteiger partial charge in [0.1, 0.15) is 0 Å². The normalized spacial score (nSPS) is 12.0. The van der Waals surface area contributed by atoms with E-state index in [1.807, 2.05) is 25.1 Å². The van der Waals surface area contributed by atoms with Crippen molar-refractivity contribution in [1.29, 1.82) is 0 Å². The molecule has 0 spiro atoms. The van der Waals surface area contributed by atoms with Gasteiger partial charge in [0, 0.05) is 12.3 Å². The molecule has 0 aliphatic rings. The van der Waals surface area contributed by atoms with Crippen LogP contribution in [0.2, 0.25) is 0 Å². The lowest BCUT2D eigenvalue weighted by Gasteiger charge is -2.11. The van der Waals surface area contributed by atoms with Gasteiger partial charge in [-0.25, -0.2) is 4.98 Å². The van der Waals surface area contributed by atoms with E-state index in [0.717, 1.165) is 11.1 Å². The topological polar surface area (TPSA) is 51.6 Å². The summed E-state index contributed by atoms with van der Waals surface area (Å²) >= 11 is 0. The Balaban J connectivity index is 2.21. The highest BCUT2D eigenvalue weighted by Gasteiger charge is 2.07. The molecule has 2 rings (SSSR count). The van der Waals surface area contributed by atoms with Gasteiger partial charge in [0.05, 0.1) is 13.2 Å². The highest BCUT2D eigenvalue weighted by molar-refractivity contribution is 5.44. The fraction of sp³-hybridized carbons (Fsp3) is 0.267. The first-order valence-electron chi connectivity index (χ1n) is 6.06. The first-order valence-corrected chi connectivity index (χ1v) is 6.06. The van der Waals surface area contributed by atoms with Gasteiger partial charge in [-0.15, -0.1) is 0 Å². The number of aliphatic hydroxyl groups is 1. The third-order valence-electron chi connectivity index (χ3n) is 2.78. The zero-order valence-electron chi connectivity index (χ0n) is 11.3. The van der Waals surface area contributed by atoms with E-state index in [2.05, 4.69) is 4.98 Å². The van der Waals surface area contributed by atoms with Crippen LogP contribution in [0.1, 0.15) is 24.2 Å². The zero-order valence-corrected chi connectivity index (χ0v) is 11.3. The lowest BCUT2D eigenvalue weighted by atomic mass is 10.2. The smallest absolute Gasteiger partial charge is 0.219 e. The largest absolute Gasteiger partial charge is 0.493 e. The van der Waals surface area contributed by atoms with E-state index in [1.54, 1.807) is 32.4 Å². The van der Waals surface area contributed by atoms with Crippen LogP contribution in [0.15, 0.2) is 36.5 Å². The highest BCUT2D eigenvalue weighted by atomic mass is 16.5. The summed E-state index contributed by atoms with van der Waals surface area (Å²) in [6.45, 7) is 3.68. The first kappa shape index (κ1) is 13.4. The van der Waals surface area contributed by atoms with Crippen molar-refractivity contribution in [2.45, 2.75) is 20.0 Å². The van der Waals surface area contributed by atoms with Gasteiger partial charge in [0.2, 0.25) is 5.88 Å². The summed E-state index contributed by atoms with van der Waals surface area (Å²) in [7, 11) is 1.60. The number of methoxy groups -OCH3 is 1. The third-order valence-corrected chi connectivity index (χ3v) is 2.78. The molecule has 2 aromatic rings. The second-order valence-electron chi connectivity index (χ2n) is 4.36. The SMILES string of the molecule is COc1cc(C)ccc1Oc1ccc([C@H](C)O)cn1. The van der Waals surface area contributed by atoms with Crippen molar-refractivity contribution in [2.24, 2.45) is 0 Å². The number of aliphatic hydroxyl groups excluding tert-OH is 1. The molecule has 1 N–H and O–H groups in total. The number of nitrogens with zero attached hydrogens (tertiary/aromatic N) is 1. The van der Waals surface area contributed by atoms with Gasteiger partial charge in [-0.3, -0.25) is 0 Å². The molecule has 4 heteroatoms. The van der Waals surface area contributed by atoms with Gasteiger partial charge in [-0.05, 0) is 43.2 Å². The van der Waals surface area contributed by atoms with Gasteiger partial charge in [0.25, 0.3) is 0 Å². The predicted octanol–water partition coefficient (Wildman–Crippen LogP) is 3.24. The summed E-state index contributed by atoms with van der Waals surface area (Å²) in [4.78, 5) is 4.16. The van der Waals surface area contributed by atoms with Crippen LogP contribution in [-0.4, -0.2) is 17.2 Å². The molecule has 0 radical (unpaired) electrons. The number of hydrogen-bond donors (Lipinski definition) is 1. The predicted molar refractivity (Wildman–Crippen MR) is 72.7 cm³/mol. The molecule has 1 heterocycles. The van der Waals surface area contributed by atoms with Gasteiger partial charge in [-0.1, -0.05) is 6.07 Å². The lowest BCUT2D eigenvalue weighted by Crippen LogP contribution is -1.95. The van der Waals surface area contributed by atoms with Crippen molar-refractivity contribution < 1.29 is 14.6 Å². The molecule has 19 heavy (non-hydrogen) atoms. The molecule has 0 saturated carbocycles. The van der Waals surface area contributed by atoms with E-state index in [0.29, 0.717) is 17.4 Å². The van der Waals surface area contributed by atoms with Crippen LogP contribution in [0.4, 0.5) is 0 Å². The lowest BCUT2D eigenvalue weighted by molar-refractivity contribution is 0.198. The molecule has 1 atom stereocenters. The summed E-state index contributed by atoms with van der Waals surface area (Å²) in [5.74, 6) is 1.75. The highest BCUT2D eigenvalue weighted by Crippen LogP contribution is 2.31. The molecule has 0 saturated heterocycles. The summed E-state index contributed by atoms with van der Waals surface area (Å²) < 4.78 is 10.9.